The van der Waals surface area contributed by atoms with E-state index in [-0.39, 0.29) is 5.41 Å². The van der Waals surface area contributed by atoms with Gasteiger partial charge in [0, 0.05) is 0 Å². The Morgan fingerprint density at radius 2 is 0.859 bits per heavy atom. The summed E-state index contributed by atoms with van der Waals surface area (Å²) in [4.78, 5) is 0. The summed E-state index contributed by atoms with van der Waals surface area (Å²) in [5.41, 5.74) is 31.7. The first kappa shape index (κ1) is 76.9. The fourth-order valence-electron chi connectivity index (χ4n) is 19.7. The molecule has 8 aromatic carbocycles. The van der Waals surface area contributed by atoms with Crippen LogP contribution in [0.25, 0.3) is 0 Å². The fourth-order valence-corrected chi connectivity index (χ4v) is 19.7. The minimum Gasteiger partial charge on any atom is -0.0620 e. The lowest BCUT2D eigenvalue weighted by Gasteiger charge is -2.55. The molecule has 0 nitrogen and oxygen atoms in total. The van der Waals surface area contributed by atoms with Crippen LogP contribution < -0.4 is 0 Å². The molecule has 9 aliphatic rings. The van der Waals surface area contributed by atoms with Crippen LogP contribution in [0.15, 0.2) is 164 Å². The molecule has 17 rings (SSSR count). The van der Waals surface area contributed by atoms with E-state index in [2.05, 4.69) is 302 Å². The topological polar surface area (TPSA) is 0 Å². The first-order chi connectivity index (χ1) is 47.2. The highest BCUT2D eigenvalue weighted by molar-refractivity contribution is 5.40. The van der Waals surface area contributed by atoms with Crippen molar-refractivity contribution in [1.82, 2.24) is 0 Å². The Morgan fingerprint density at radius 1 is 0.374 bits per heavy atom. The summed E-state index contributed by atoms with van der Waals surface area (Å²) >= 11 is 0. The standard InChI is InChI=1S/C17H22.2C14H18.C12H16.C12H18.C11H16.C10H14.C9H12/c1-11-4-2-3-5-16(11)17-14-7-12-6-13(9-14)10-15(17)8-12;1-11-4-2-3-5-13(11)14-8-6-12(10-14)7-9-14;1-10-4-2-3-5-13(10)14-9-11-6-7-12(14)8-11;1-9-6-7-10(2)12(8-9)11-4-3-5-11;1-9-6-7-10(2)11(8-9)12(3,4)5;1-8(2)11-7-9(3)5-6-10(11)4;1-4-10-7-8(2)5-6-9(10)3;1-7-4-5-8(2)9(3)6-7/h2-5,12-15,17H,6-10H2,1H3;2-5,12H,6-10H2,1H3;2-5,11-12,14H,6-9H2,1H3;6-8,11H,3-5H2,1-2H3;6-8H,1-5H3;5-8H,1-4H3;5-7H,4H2,1-3H3;4-6H,1-3H3. The molecule has 0 N–H and O–H groups in total. The molecule has 9 fully saturated rings. The van der Waals surface area contributed by atoms with Gasteiger partial charge >= 0.3 is 0 Å². The third kappa shape index (κ3) is 20.5. The van der Waals surface area contributed by atoms with Crippen LogP contribution in [0.4, 0.5) is 0 Å². The van der Waals surface area contributed by atoms with Gasteiger partial charge in [0.25, 0.3) is 0 Å². The van der Waals surface area contributed by atoms with Crippen molar-refractivity contribution in [3.05, 3.63) is 281 Å². The quantitative estimate of drug-likeness (QED) is 0.156. The summed E-state index contributed by atoms with van der Waals surface area (Å²) in [6.07, 6.45) is 26.4. The zero-order valence-corrected chi connectivity index (χ0v) is 66.2. The first-order valence-corrected chi connectivity index (χ1v) is 39.7. The van der Waals surface area contributed by atoms with Crippen molar-refractivity contribution >= 4 is 0 Å². The van der Waals surface area contributed by atoms with Crippen LogP contribution in [0.2, 0.25) is 0 Å². The zero-order chi connectivity index (χ0) is 71.3. The molecule has 0 radical (unpaired) electrons. The summed E-state index contributed by atoms with van der Waals surface area (Å²) in [6, 6.07) is 60.4. The Labute approximate surface area is 606 Å². The van der Waals surface area contributed by atoms with Crippen LogP contribution in [-0.2, 0) is 17.3 Å². The number of fused-ring (bicyclic) bond motifs is 4. The van der Waals surface area contributed by atoms with Crippen molar-refractivity contribution in [2.24, 2.45) is 41.4 Å². The number of hydrogen-bond donors (Lipinski definition) is 0. The molecule has 0 heterocycles. The number of hydrogen-bond acceptors (Lipinski definition) is 0. The summed E-state index contributed by atoms with van der Waals surface area (Å²) < 4.78 is 0. The van der Waals surface area contributed by atoms with Crippen molar-refractivity contribution in [2.45, 2.75) is 289 Å². The highest BCUT2D eigenvalue weighted by Crippen LogP contribution is 2.60. The van der Waals surface area contributed by atoms with E-state index in [0.717, 1.165) is 65.6 Å². The van der Waals surface area contributed by atoms with Crippen LogP contribution in [0.3, 0.4) is 0 Å². The molecular formula is C99H134. The minimum absolute atomic E-state index is 0.274. The maximum atomic E-state index is 2.41. The smallest absolute Gasteiger partial charge is 0.00415 e. The number of benzene rings is 8. The van der Waals surface area contributed by atoms with E-state index >= 15 is 0 Å². The van der Waals surface area contributed by atoms with Crippen molar-refractivity contribution in [2.75, 3.05) is 0 Å². The molecule has 0 aliphatic heterocycles. The Kier molecular flexibility index (Phi) is 27.3. The maximum Gasteiger partial charge on any atom is -0.00415 e. The maximum absolute atomic E-state index is 2.41. The zero-order valence-electron chi connectivity index (χ0n) is 66.2. The van der Waals surface area contributed by atoms with Crippen molar-refractivity contribution < 1.29 is 0 Å². The Balaban J connectivity index is 0.000000133. The van der Waals surface area contributed by atoms with E-state index in [1.54, 1.807) is 28.7 Å². The summed E-state index contributed by atoms with van der Waals surface area (Å²) in [7, 11) is 0. The highest BCUT2D eigenvalue weighted by atomic mass is 14.5. The van der Waals surface area contributed by atoms with Gasteiger partial charge in [0.05, 0.1) is 0 Å². The molecule has 0 spiro atoms. The third-order valence-electron chi connectivity index (χ3n) is 25.3. The predicted molar refractivity (Wildman–Crippen MR) is 433 cm³/mol. The van der Waals surface area contributed by atoms with Crippen LogP contribution in [0.5, 0.6) is 0 Å². The van der Waals surface area contributed by atoms with E-state index in [0.29, 0.717) is 11.3 Å². The second-order valence-electron chi connectivity index (χ2n) is 34.6. The van der Waals surface area contributed by atoms with Gasteiger partial charge in [-0.05, 0) is 365 Å². The van der Waals surface area contributed by atoms with Crippen molar-refractivity contribution in [3.8, 4) is 0 Å². The van der Waals surface area contributed by atoms with Crippen LogP contribution in [0.1, 0.15) is 291 Å². The fraction of sp³-hybridized carbons (Fsp3) is 0.515. The molecule has 9 aliphatic carbocycles. The SMILES string of the molecule is CCc1cc(C)ccc1C.Cc1ccc(C)c(C(C)(C)C)c1.Cc1ccc(C)c(C(C)C)c1.Cc1ccc(C)c(C)c1.Cc1ccc(C)c(C2CCC2)c1.Cc1ccccc1C12CCC(CC1)C2.Cc1ccccc1C1C2CC3CC(C2)CC1C3.Cc1ccccc1C1CC2CCC1C2. The molecule has 0 heteroatoms. The molecule has 3 atom stereocenters. The molecule has 8 bridgehead atoms. The van der Waals surface area contributed by atoms with E-state index in [1.165, 1.54) is 197 Å². The Hall–Kier alpha value is -6.24. The summed E-state index contributed by atoms with van der Waals surface area (Å²) in [6.45, 7) is 44.0. The Bertz CT molecular complexity index is 3830. The summed E-state index contributed by atoms with van der Waals surface area (Å²) in [5, 5.41) is 0. The van der Waals surface area contributed by atoms with Crippen LogP contribution in [-0.4, -0.2) is 0 Å². The van der Waals surface area contributed by atoms with Crippen LogP contribution in [0, 0.1) is 138 Å². The van der Waals surface area contributed by atoms with E-state index in [9.17, 15) is 0 Å². The highest BCUT2D eigenvalue weighted by Gasteiger charge is 2.49. The monoisotopic (exact) mass is 1320 g/mol. The van der Waals surface area contributed by atoms with Crippen molar-refractivity contribution in [1.29, 1.82) is 0 Å². The van der Waals surface area contributed by atoms with Gasteiger partial charge in [-0.2, -0.15) is 0 Å². The van der Waals surface area contributed by atoms with Gasteiger partial charge in [-0.25, -0.2) is 0 Å². The second-order valence-corrected chi connectivity index (χ2v) is 34.6. The van der Waals surface area contributed by atoms with Gasteiger partial charge < -0.3 is 0 Å². The van der Waals surface area contributed by atoms with Gasteiger partial charge in [0.15, 0.2) is 0 Å². The Morgan fingerprint density at radius 3 is 1.31 bits per heavy atom. The average Bonchev–Trinajstić information content (AvgIpc) is 1.76. The van der Waals surface area contributed by atoms with E-state index in [4.69, 9.17) is 0 Å². The largest absolute Gasteiger partial charge is 0.0620 e. The molecule has 530 valence electrons. The minimum atomic E-state index is 0.274. The molecule has 0 aromatic heterocycles. The van der Waals surface area contributed by atoms with Gasteiger partial charge in [-0.1, -0.05) is 246 Å². The summed E-state index contributed by atoms with van der Waals surface area (Å²) in [5.74, 6) is 10.7. The van der Waals surface area contributed by atoms with Gasteiger partial charge in [-0.3, -0.25) is 0 Å². The average molecular weight is 1320 g/mol. The molecular weight excluding hydrogens is 1190 g/mol. The normalized spacial score (nSPS) is 23.9. The lowest BCUT2D eigenvalue weighted by atomic mass is 9.50. The molecule has 8 aromatic rings. The first-order valence-electron chi connectivity index (χ1n) is 39.7. The van der Waals surface area contributed by atoms with Crippen LogP contribution >= 0.6 is 0 Å². The number of rotatable bonds is 6. The molecule has 9 saturated carbocycles. The predicted octanol–water partition coefficient (Wildman–Crippen LogP) is 28.3. The van der Waals surface area contributed by atoms with Gasteiger partial charge in [0.2, 0.25) is 0 Å². The lowest BCUT2D eigenvalue weighted by Crippen LogP contribution is -2.43. The lowest BCUT2D eigenvalue weighted by molar-refractivity contribution is -0.00297. The second kappa shape index (κ2) is 35.1. The molecule has 99 heavy (non-hydrogen) atoms. The van der Waals surface area contributed by atoms with Gasteiger partial charge in [-0.15, -0.1) is 0 Å². The van der Waals surface area contributed by atoms with Crippen molar-refractivity contribution in [3.63, 3.8) is 0 Å². The molecule has 0 amide bonds. The van der Waals surface area contributed by atoms with E-state index < -0.39 is 0 Å². The van der Waals surface area contributed by atoms with E-state index in [1.807, 2.05) is 0 Å². The van der Waals surface area contributed by atoms with Gasteiger partial charge in [0.1, 0.15) is 0 Å². The molecule has 3 unspecified atom stereocenters. The third-order valence-corrected chi connectivity index (χ3v) is 25.3. The molecule has 0 saturated heterocycles. The number of aryl methyl sites for hydroxylation is 15.